The van der Waals surface area contributed by atoms with Crippen molar-refractivity contribution in [1.82, 2.24) is 9.55 Å². The van der Waals surface area contributed by atoms with Crippen LogP contribution in [-0.2, 0) is 14.9 Å². The summed E-state index contributed by atoms with van der Waals surface area (Å²) in [6, 6.07) is 0. The molecule has 0 spiro atoms. The zero-order chi connectivity index (χ0) is 14.9. The molecule has 2 heterocycles. The van der Waals surface area contributed by atoms with Crippen LogP contribution >= 0.6 is 0 Å². The summed E-state index contributed by atoms with van der Waals surface area (Å²) in [5, 5.41) is 0. The molecule has 1 aliphatic rings. The van der Waals surface area contributed by atoms with Gasteiger partial charge < -0.3 is 4.74 Å². The molecule has 2 N–H and O–H groups in total. The largest absolute Gasteiger partial charge is 0.347 e. The summed E-state index contributed by atoms with van der Waals surface area (Å²) in [5.41, 5.74) is -0.704. The predicted molar refractivity (Wildman–Crippen MR) is 70.1 cm³/mol. The zero-order valence-corrected chi connectivity index (χ0v) is 11.5. The predicted octanol–water partition coefficient (Wildman–Crippen LogP) is -0.423. The number of hydrogen-bond donors (Lipinski definition) is 2. The lowest BCUT2D eigenvalue weighted by molar-refractivity contribution is 0.0141. The number of hydrogen-bond acceptors (Lipinski definition) is 5. The fourth-order valence-electron chi connectivity index (χ4n) is 1.85. The molecule has 0 aromatic carbocycles. The van der Waals surface area contributed by atoms with Crippen molar-refractivity contribution in [2.24, 2.45) is 0 Å². The lowest BCUT2D eigenvalue weighted by Gasteiger charge is -2.16. The van der Waals surface area contributed by atoms with Crippen LogP contribution in [0.1, 0.15) is 18.2 Å². The van der Waals surface area contributed by atoms with Crippen LogP contribution in [0, 0.1) is 6.92 Å². The first-order valence-electron chi connectivity index (χ1n) is 5.87. The van der Waals surface area contributed by atoms with E-state index in [0.717, 1.165) is 0 Å². The van der Waals surface area contributed by atoms with E-state index in [4.69, 9.17) is 9.29 Å². The molecule has 9 heteroatoms. The third-order valence-corrected chi connectivity index (χ3v) is 3.64. The van der Waals surface area contributed by atoms with Crippen molar-refractivity contribution in [2.45, 2.75) is 25.7 Å². The highest BCUT2D eigenvalue weighted by atomic mass is 32.2. The van der Waals surface area contributed by atoms with Crippen molar-refractivity contribution < 1.29 is 17.7 Å². The van der Waals surface area contributed by atoms with E-state index in [-0.39, 0.29) is 6.42 Å². The second-order valence-corrected chi connectivity index (χ2v) is 6.08. The maximum atomic E-state index is 11.7. The van der Waals surface area contributed by atoms with Crippen LogP contribution in [0.15, 0.2) is 27.9 Å². The van der Waals surface area contributed by atoms with E-state index >= 15 is 0 Å². The van der Waals surface area contributed by atoms with Gasteiger partial charge in [-0.15, -0.1) is 0 Å². The molecule has 0 saturated carbocycles. The first kappa shape index (κ1) is 14.7. The monoisotopic (exact) mass is 302 g/mol. The minimum absolute atomic E-state index is 0.0862. The number of nitrogens with one attached hydrogen (secondary N) is 1. The molecule has 0 bridgehead atoms. The lowest BCUT2D eigenvalue weighted by atomic mass is 10.3. The fourth-order valence-corrected chi connectivity index (χ4v) is 2.38. The Kier molecular flexibility index (Phi) is 3.93. The highest BCUT2D eigenvalue weighted by Crippen LogP contribution is 2.21. The molecule has 1 aromatic heterocycles. The van der Waals surface area contributed by atoms with Gasteiger partial charge in [0.25, 0.3) is 15.7 Å². The minimum Gasteiger partial charge on any atom is -0.347 e. The van der Waals surface area contributed by atoms with E-state index in [2.05, 4.69) is 4.98 Å². The minimum atomic E-state index is -4.04. The molecule has 2 atom stereocenters. The number of rotatable bonds is 4. The van der Waals surface area contributed by atoms with Gasteiger partial charge in [-0.1, -0.05) is 6.08 Å². The van der Waals surface area contributed by atoms with Crippen LogP contribution in [0.3, 0.4) is 0 Å². The third kappa shape index (κ3) is 3.44. The van der Waals surface area contributed by atoms with Gasteiger partial charge in [0.1, 0.15) is 0 Å². The molecule has 0 radical (unpaired) electrons. The van der Waals surface area contributed by atoms with E-state index in [1.54, 1.807) is 19.1 Å². The molecule has 8 nitrogen and oxygen atoms in total. The van der Waals surface area contributed by atoms with Gasteiger partial charge in [-0.05, 0) is 19.4 Å². The average molecular weight is 302 g/mol. The SMILES string of the molecule is Cc1cn([C@H]2C=C[C@@H](CCS(=O)(=O)O)O2)c(=O)[nH]c1=O. The second-order valence-electron chi connectivity index (χ2n) is 4.50. The van der Waals surface area contributed by atoms with E-state index in [0.29, 0.717) is 5.56 Å². The molecule has 1 aromatic rings. The maximum Gasteiger partial charge on any atom is 0.330 e. The van der Waals surface area contributed by atoms with E-state index in [1.165, 1.54) is 10.8 Å². The topological polar surface area (TPSA) is 118 Å². The Morgan fingerprint density at radius 3 is 2.75 bits per heavy atom. The lowest BCUT2D eigenvalue weighted by Crippen LogP contribution is -2.33. The van der Waals surface area contributed by atoms with Crippen LogP contribution < -0.4 is 11.2 Å². The molecule has 0 unspecified atom stereocenters. The average Bonchev–Trinajstić information content (AvgIpc) is 2.79. The van der Waals surface area contributed by atoms with Gasteiger partial charge in [0.2, 0.25) is 0 Å². The highest BCUT2D eigenvalue weighted by molar-refractivity contribution is 7.85. The Labute approximate surface area is 114 Å². The fraction of sp³-hybridized carbons (Fsp3) is 0.455. The number of H-pyrrole nitrogens is 1. The summed E-state index contributed by atoms with van der Waals surface area (Å²) in [7, 11) is -4.04. The van der Waals surface area contributed by atoms with E-state index < -0.39 is 39.5 Å². The van der Waals surface area contributed by atoms with Crippen molar-refractivity contribution in [3.63, 3.8) is 0 Å². The van der Waals surface area contributed by atoms with Crippen molar-refractivity contribution in [1.29, 1.82) is 0 Å². The summed E-state index contributed by atoms with van der Waals surface area (Å²) in [5.74, 6) is -0.422. The Morgan fingerprint density at radius 1 is 1.40 bits per heavy atom. The molecular weight excluding hydrogens is 288 g/mol. The van der Waals surface area contributed by atoms with E-state index in [1.807, 2.05) is 0 Å². The molecule has 0 aliphatic carbocycles. The summed E-state index contributed by atoms with van der Waals surface area (Å²) in [6.07, 6.45) is 3.45. The quantitative estimate of drug-likeness (QED) is 0.576. The summed E-state index contributed by atoms with van der Waals surface area (Å²) < 4.78 is 36.7. The van der Waals surface area contributed by atoms with Crippen LogP contribution in [0.4, 0.5) is 0 Å². The van der Waals surface area contributed by atoms with Crippen LogP contribution in [0.2, 0.25) is 0 Å². The van der Waals surface area contributed by atoms with Crippen molar-refractivity contribution in [3.05, 3.63) is 44.8 Å². The second kappa shape index (κ2) is 5.35. The van der Waals surface area contributed by atoms with Crippen molar-refractivity contribution in [2.75, 3.05) is 5.75 Å². The van der Waals surface area contributed by atoms with Gasteiger partial charge in [-0.2, -0.15) is 8.42 Å². The first-order chi connectivity index (χ1) is 9.26. The van der Waals surface area contributed by atoms with Gasteiger partial charge in [-0.25, -0.2) is 4.79 Å². The number of aryl methyl sites for hydroxylation is 1. The molecule has 20 heavy (non-hydrogen) atoms. The maximum absolute atomic E-state index is 11.7. The molecule has 0 saturated heterocycles. The number of aromatic nitrogens is 2. The van der Waals surface area contributed by atoms with Crippen LogP contribution in [0.5, 0.6) is 0 Å². The molecule has 2 rings (SSSR count). The van der Waals surface area contributed by atoms with Crippen molar-refractivity contribution in [3.8, 4) is 0 Å². The number of nitrogens with zero attached hydrogens (tertiary/aromatic N) is 1. The Hall–Kier alpha value is -1.71. The summed E-state index contributed by atoms with van der Waals surface area (Å²) in [4.78, 5) is 25.1. The number of aromatic amines is 1. The normalized spacial score (nSPS) is 22.3. The summed E-state index contributed by atoms with van der Waals surface area (Å²) >= 11 is 0. The van der Waals surface area contributed by atoms with E-state index in [9.17, 15) is 18.0 Å². The smallest absolute Gasteiger partial charge is 0.330 e. The Morgan fingerprint density at radius 2 is 2.10 bits per heavy atom. The Bertz CT molecular complexity index is 745. The molecule has 1 aliphatic heterocycles. The highest BCUT2D eigenvalue weighted by Gasteiger charge is 2.23. The van der Waals surface area contributed by atoms with Crippen LogP contribution in [-0.4, -0.2) is 34.4 Å². The molecule has 110 valence electrons. The standard InChI is InChI=1S/C11H14N2O6S/c1-7-6-13(11(15)12-10(7)14)9-3-2-8(19-9)4-5-20(16,17)18/h2-3,6,8-9H,4-5H2,1H3,(H,12,14,15)(H,16,17,18)/t8-,9+/m0/s1. The first-order valence-corrected chi connectivity index (χ1v) is 7.48. The summed E-state index contributed by atoms with van der Waals surface area (Å²) in [6.45, 7) is 1.56. The third-order valence-electron chi connectivity index (χ3n) is 2.88. The van der Waals surface area contributed by atoms with Gasteiger partial charge in [0.15, 0.2) is 6.23 Å². The van der Waals surface area contributed by atoms with Gasteiger partial charge in [-0.3, -0.25) is 18.9 Å². The zero-order valence-electron chi connectivity index (χ0n) is 10.6. The van der Waals surface area contributed by atoms with Crippen LogP contribution in [0.25, 0.3) is 0 Å². The van der Waals surface area contributed by atoms with Gasteiger partial charge in [0, 0.05) is 11.8 Å². The molecule has 0 amide bonds. The molecular formula is C11H14N2O6S. The number of ether oxygens (including phenoxy) is 1. The Balaban J connectivity index is 2.11. The van der Waals surface area contributed by atoms with Crippen molar-refractivity contribution >= 4 is 10.1 Å². The molecule has 0 fully saturated rings. The van der Waals surface area contributed by atoms with Gasteiger partial charge >= 0.3 is 5.69 Å². The van der Waals surface area contributed by atoms with Gasteiger partial charge in [0.05, 0.1) is 11.9 Å².